The van der Waals surface area contributed by atoms with Crippen LogP contribution in [0.25, 0.3) is 0 Å². The lowest BCUT2D eigenvalue weighted by Crippen LogP contribution is -2.14. The molecule has 110 valence electrons. The van der Waals surface area contributed by atoms with Crippen molar-refractivity contribution < 1.29 is 19.0 Å². The Kier molecular flexibility index (Phi) is 7.18. The van der Waals surface area contributed by atoms with E-state index in [1.165, 1.54) is 7.11 Å². The van der Waals surface area contributed by atoms with Crippen LogP contribution in [0.1, 0.15) is 12.5 Å². The van der Waals surface area contributed by atoms with Crippen LogP contribution in [0.3, 0.4) is 0 Å². The Labute approximate surface area is 125 Å². The van der Waals surface area contributed by atoms with Gasteiger partial charge in [-0.1, -0.05) is 12.1 Å². The van der Waals surface area contributed by atoms with Gasteiger partial charge in [-0.3, -0.25) is 0 Å². The zero-order valence-electron chi connectivity index (χ0n) is 12.0. The predicted octanol–water partition coefficient (Wildman–Crippen LogP) is 2.63. The van der Waals surface area contributed by atoms with E-state index < -0.39 is 0 Å². The van der Waals surface area contributed by atoms with Crippen LogP contribution in [0.15, 0.2) is 35.9 Å². The molecule has 0 amide bonds. The van der Waals surface area contributed by atoms with E-state index in [0.717, 1.165) is 11.3 Å². The summed E-state index contributed by atoms with van der Waals surface area (Å²) in [5.41, 5.74) is 1.54. The SMILES string of the molecule is COC(=O)/C(C)=C/[C@H](CS)OCc1ccc(OC)cc1. The molecule has 0 N–H and O–H groups in total. The second-order valence-corrected chi connectivity index (χ2v) is 4.59. The van der Waals surface area contributed by atoms with Crippen molar-refractivity contribution in [1.82, 2.24) is 0 Å². The Morgan fingerprint density at radius 2 is 1.95 bits per heavy atom. The molecule has 1 aromatic carbocycles. The number of esters is 1. The molecule has 20 heavy (non-hydrogen) atoms. The molecule has 0 saturated carbocycles. The Morgan fingerprint density at radius 3 is 2.45 bits per heavy atom. The van der Waals surface area contributed by atoms with E-state index in [9.17, 15) is 4.79 Å². The Hall–Kier alpha value is -1.46. The topological polar surface area (TPSA) is 44.8 Å². The average molecular weight is 296 g/mol. The van der Waals surface area contributed by atoms with Gasteiger partial charge in [0.25, 0.3) is 0 Å². The van der Waals surface area contributed by atoms with Crippen LogP contribution in [-0.2, 0) is 20.9 Å². The maximum absolute atomic E-state index is 11.3. The quantitative estimate of drug-likeness (QED) is 0.477. The summed E-state index contributed by atoms with van der Waals surface area (Å²) in [6.45, 7) is 2.14. The smallest absolute Gasteiger partial charge is 0.333 e. The van der Waals surface area contributed by atoms with Gasteiger partial charge in [-0.05, 0) is 30.7 Å². The van der Waals surface area contributed by atoms with Crippen LogP contribution < -0.4 is 4.74 Å². The number of benzene rings is 1. The maximum Gasteiger partial charge on any atom is 0.333 e. The third kappa shape index (κ3) is 5.27. The van der Waals surface area contributed by atoms with Crippen molar-refractivity contribution in [3.8, 4) is 5.75 Å². The largest absolute Gasteiger partial charge is 0.497 e. The van der Waals surface area contributed by atoms with Crippen molar-refractivity contribution in [2.75, 3.05) is 20.0 Å². The van der Waals surface area contributed by atoms with E-state index in [4.69, 9.17) is 9.47 Å². The monoisotopic (exact) mass is 296 g/mol. The van der Waals surface area contributed by atoms with Crippen LogP contribution in [0.5, 0.6) is 5.75 Å². The van der Waals surface area contributed by atoms with Gasteiger partial charge in [0.2, 0.25) is 0 Å². The molecular weight excluding hydrogens is 276 g/mol. The van der Waals surface area contributed by atoms with Crippen molar-refractivity contribution in [2.24, 2.45) is 0 Å². The van der Waals surface area contributed by atoms with Crippen LogP contribution >= 0.6 is 12.6 Å². The molecule has 0 bridgehead atoms. The van der Waals surface area contributed by atoms with E-state index in [-0.39, 0.29) is 12.1 Å². The zero-order valence-corrected chi connectivity index (χ0v) is 12.9. The number of carbonyl (C=O) groups excluding carboxylic acids is 1. The lowest BCUT2D eigenvalue weighted by molar-refractivity contribution is -0.136. The fourth-order valence-corrected chi connectivity index (χ4v) is 1.80. The molecule has 0 aliphatic rings. The van der Waals surface area contributed by atoms with Crippen LogP contribution in [0.4, 0.5) is 0 Å². The van der Waals surface area contributed by atoms with E-state index in [1.54, 1.807) is 20.1 Å². The van der Waals surface area contributed by atoms with Crippen molar-refractivity contribution in [2.45, 2.75) is 19.6 Å². The average Bonchev–Trinajstić information content (AvgIpc) is 2.50. The minimum atomic E-state index is -0.357. The van der Waals surface area contributed by atoms with Gasteiger partial charge >= 0.3 is 5.97 Å². The van der Waals surface area contributed by atoms with Crippen LogP contribution in [-0.4, -0.2) is 32.0 Å². The number of carbonyl (C=O) groups is 1. The zero-order chi connectivity index (χ0) is 15.0. The first kappa shape index (κ1) is 16.6. The number of methoxy groups -OCH3 is 2. The van der Waals surface area contributed by atoms with Gasteiger partial charge in [0.1, 0.15) is 5.75 Å². The molecule has 1 aromatic rings. The summed E-state index contributed by atoms with van der Waals surface area (Å²) >= 11 is 4.22. The second kappa shape index (κ2) is 8.66. The van der Waals surface area contributed by atoms with E-state index >= 15 is 0 Å². The first-order valence-corrected chi connectivity index (χ1v) is 6.86. The summed E-state index contributed by atoms with van der Waals surface area (Å²) in [5.74, 6) is 0.940. The van der Waals surface area contributed by atoms with Crippen molar-refractivity contribution in [1.29, 1.82) is 0 Å². The fraction of sp³-hybridized carbons (Fsp3) is 0.400. The number of hydrogen-bond acceptors (Lipinski definition) is 5. The van der Waals surface area contributed by atoms with Gasteiger partial charge in [-0.15, -0.1) is 0 Å². The van der Waals surface area contributed by atoms with Gasteiger partial charge in [0.05, 0.1) is 26.9 Å². The molecule has 1 atom stereocenters. The Balaban J connectivity index is 2.58. The molecule has 0 spiro atoms. The van der Waals surface area contributed by atoms with E-state index in [1.807, 2.05) is 24.3 Å². The fourth-order valence-electron chi connectivity index (χ4n) is 1.59. The molecule has 5 heteroatoms. The summed E-state index contributed by atoms with van der Waals surface area (Å²) in [6, 6.07) is 7.63. The number of ether oxygens (including phenoxy) is 3. The van der Waals surface area contributed by atoms with Gasteiger partial charge in [0, 0.05) is 11.3 Å². The highest BCUT2D eigenvalue weighted by molar-refractivity contribution is 7.80. The highest BCUT2D eigenvalue weighted by Gasteiger charge is 2.09. The molecule has 0 aliphatic heterocycles. The minimum Gasteiger partial charge on any atom is -0.497 e. The highest BCUT2D eigenvalue weighted by atomic mass is 32.1. The van der Waals surface area contributed by atoms with Gasteiger partial charge in [-0.25, -0.2) is 4.79 Å². The molecule has 0 fully saturated rings. The Morgan fingerprint density at radius 1 is 1.30 bits per heavy atom. The molecule has 1 rings (SSSR count). The molecule has 0 unspecified atom stereocenters. The Bertz CT molecular complexity index is 453. The first-order chi connectivity index (χ1) is 9.60. The first-order valence-electron chi connectivity index (χ1n) is 6.22. The lowest BCUT2D eigenvalue weighted by atomic mass is 10.2. The van der Waals surface area contributed by atoms with Gasteiger partial charge < -0.3 is 14.2 Å². The lowest BCUT2D eigenvalue weighted by Gasteiger charge is -2.13. The molecule has 0 aliphatic carbocycles. The molecule has 4 nitrogen and oxygen atoms in total. The normalized spacial score (nSPS) is 12.9. The summed E-state index contributed by atoms with van der Waals surface area (Å²) in [4.78, 5) is 11.3. The van der Waals surface area contributed by atoms with E-state index in [0.29, 0.717) is 17.9 Å². The van der Waals surface area contributed by atoms with Gasteiger partial charge in [0.15, 0.2) is 0 Å². The second-order valence-electron chi connectivity index (χ2n) is 4.22. The van der Waals surface area contributed by atoms with Crippen LogP contribution in [0, 0.1) is 0 Å². The van der Waals surface area contributed by atoms with Crippen LogP contribution in [0.2, 0.25) is 0 Å². The standard InChI is InChI=1S/C15H20O4S/c1-11(15(16)18-3)8-14(10-20)19-9-12-4-6-13(17-2)7-5-12/h4-8,14,20H,9-10H2,1-3H3/b11-8+/t14-/m1/s1. The summed E-state index contributed by atoms with van der Waals surface area (Å²) in [6.07, 6.45) is 1.49. The molecular formula is C15H20O4S. The van der Waals surface area contributed by atoms with Crippen molar-refractivity contribution in [3.05, 3.63) is 41.5 Å². The number of thiol groups is 1. The third-order valence-electron chi connectivity index (χ3n) is 2.75. The number of hydrogen-bond donors (Lipinski definition) is 1. The van der Waals surface area contributed by atoms with Crippen molar-refractivity contribution >= 4 is 18.6 Å². The minimum absolute atomic E-state index is 0.237. The van der Waals surface area contributed by atoms with Crippen molar-refractivity contribution in [3.63, 3.8) is 0 Å². The third-order valence-corrected chi connectivity index (χ3v) is 3.11. The highest BCUT2D eigenvalue weighted by Crippen LogP contribution is 2.13. The summed E-state index contributed by atoms with van der Waals surface area (Å²) < 4.78 is 15.5. The molecule has 0 heterocycles. The van der Waals surface area contributed by atoms with Gasteiger partial charge in [-0.2, -0.15) is 12.6 Å². The summed E-state index contributed by atoms with van der Waals surface area (Å²) in [7, 11) is 2.98. The molecule has 0 radical (unpaired) electrons. The molecule has 0 saturated heterocycles. The summed E-state index contributed by atoms with van der Waals surface area (Å²) in [5, 5.41) is 0. The number of rotatable bonds is 7. The molecule has 0 aromatic heterocycles. The predicted molar refractivity (Wildman–Crippen MR) is 81.2 cm³/mol. The van der Waals surface area contributed by atoms with E-state index in [2.05, 4.69) is 17.4 Å². The maximum atomic E-state index is 11.3.